The molecule has 0 aliphatic carbocycles. The van der Waals surface area contributed by atoms with Crippen LogP contribution in [-0.2, 0) is 37.0 Å². The first-order valence-corrected chi connectivity index (χ1v) is 13.7. The largest absolute Gasteiger partial charge is 0.379 e. The lowest BCUT2D eigenvalue weighted by Gasteiger charge is -2.42. The number of nitrogens with zero attached hydrogens (tertiary/aromatic N) is 3. The molecule has 9 nitrogen and oxygen atoms in total. The number of carbonyl (C=O) groups is 2. The number of alkyl halides is 2. The van der Waals surface area contributed by atoms with E-state index in [1.165, 1.54) is 20.7 Å². The number of hydrogen-bond acceptors (Lipinski definition) is 5. The van der Waals surface area contributed by atoms with E-state index < -0.39 is 28.1 Å². The van der Waals surface area contributed by atoms with Crippen LogP contribution in [0.1, 0.15) is 43.7 Å². The minimum Gasteiger partial charge on any atom is -0.379 e. The molecule has 2 atom stereocenters. The number of rotatable bonds is 8. The van der Waals surface area contributed by atoms with Crippen molar-refractivity contribution in [2.24, 2.45) is 5.92 Å². The third-order valence-corrected chi connectivity index (χ3v) is 9.23. The predicted octanol–water partition coefficient (Wildman–Crippen LogP) is 1.69. The number of carbonyl (C=O) groups excluding carboxylic acids is 2. The van der Waals surface area contributed by atoms with Gasteiger partial charge in [-0.2, -0.15) is 17.0 Å². The van der Waals surface area contributed by atoms with E-state index in [1.807, 2.05) is 0 Å². The average Bonchev–Trinajstić information content (AvgIpc) is 3.31. The van der Waals surface area contributed by atoms with Gasteiger partial charge in [-0.05, 0) is 31.2 Å². The first kappa shape index (κ1) is 26.9. The van der Waals surface area contributed by atoms with E-state index in [0.717, 1.165) is 6.92 Å². The quantitative estimate of drug-likeness (QED) is 0.554. The number of amides is 2. The fourth-order valence-electron chi connectivity index (χ4n) is 5.01. The third kappa shape index (κ3) is 5.71. The Morgan fingerprint density at radius 3 is 2.36 bits per heavy atom. The summed E-state index contributed by atoms with van der Waals surface area (Å²) in [5.74, 6) is -3.91. The van der Waals surface area contributed by atoms with Gasteiger partial charge in [0.1, 0.15) is 6.04 Å². The van der Waals surface area contributed by atoms with Crippen molar-refractivity contribution in [1.82, 2.24) is 18.8 Å². The molecule has 3 heterocycles. The summed E-state index contributed by atoms with van der Waals surface area (Å²) in [5.41, 5.74) is 0.586. The monoisotopic (exact) mass is 528 g/mol. The molecule has 1 aromatic rings. The summed E-state index contributed by atoms with van der Waals surface area (Å²) in [4.78, 5) is 27.8. The van der Waals surface area contributed by atoms with E-state index in [4.69, 9.17) is 4.74 Å². The molecule has 3 fully saturated rings. The molecule has 0 bridgehead atoms. The molecule has 36 heavy (non-hydrogen) atoms. The Labute approximate surface area is 210 Å². The Bertz CT molecular complexity index is 1060. The van der Waals surface area contributed by atoms with Gasteiger partial charge in [0.2, 0.25) is 11.8 Å². The van der Waals surface area contributed by atoms with E-state index in [9.17, 15) is 26.8 Å². The maximum absolute atomic E-state index is 13.4. The lowest BCUT2D eigenvalue weighted by atomic mass is 9.97. The molecule has 200 valence electrons. The summed E-state index contributed by atoms with van der Waals surface area (Å²) < 4.78 is 60.6. The number of nitrogens with one attached hydrogen (secondary N) is 1. The second kappa shape index (κ2) is 10.7. The van der Waals surface area contributed by atoms with Crippen LogP contribution in [0, 0.1) is 5.92 Å². The molecular weight excluding hydrogens is 494 g/mol. The zero-order valence-corrected chi connectivity index (χ0v) is 21.5. The molecule has 0 saturated carbocycles. The highest BCUT2D eigenvalue weighted by Crippen LogP contribution is 2.29. The number of hydrogen-bond donors (Lipinski definition) is 1. The van der Waals surface area contributed by atoms with Crippen LogP contribution in [0.3, 0.4) is 0 Å². The minimum absolute atomic E-state index is 0.0960. The third-order valence-electron chi connectivity index (χ3n) is 7.30. The van der Waals surface area contributed by atoms with Crippen LogP contribution in [0.5, 0.6) is 0 Å². The molecule has 12 heteroatoms. The van der Waals surface area contributed by atoms with Crippen LogP contribution in [-0.4, -0.2) is 85.7 Å². The molecule has 1 N–H and O–H groups in total. The Morgan fingerprint density at radius 1 is 1.06 bits per heavy atom. The number of likely N-dealkylation sites (tertiary alicyclic amines) is 1. The van der Waals surface area contributed by atoms with E-state index >= 15 is 0 Å². The first-order valence-electron chi connectivity index (χ1n) is 12.3. The van der Waals surface area contributed by atoms with E-state index in [0.29, 0.717) is 57.4 Å². The lowest BCUT2D eigenvalue weighted by Crippen LogP contribution is -2.60. The molecule has 3 saturated heterocycles. The van der Waals surface area contributed by atoms with Crippen LogP contribution >= 0.6 is 0 Å². The smallest absolute Gasteiger partial charge is 0.282 e. The number of halogens is 2. The van der Waals surface area contributed by atoms with Gasteiger partial charge in [0.05, 0.1) is 12.0 Å². The van der Waals surface area contributed by atoms with Crippen molar-refractivity contribution in [3.8, 4) is 0 Å². The normalized spacial score (nSPS) is 24.5. The van der Waals surface area contributed by atoms with Gasteiger partial charge < -0.3 is 15.0 Å². The predicted molar refractivity (Wildman–Crippen MR) is 128 cm³/mol. The topological polar surface area (TPSA) is 99.3 Å². The Kier molecular flexibility index (Phi) is 7.98. The minimum atomic E-state index is -3.65. The second-order valence-corrected chi connectivity index (χ2v) is 11.8. The summed E-state index contributed by atoms with van der Waals surface area (Å²) in [6, 6.07) is 5.15. The SMILES string of the molecule is COC1CN(S(=O)(=O)N2CCC[C@H](C(=O)N3CCC[C@@H]3C(=O)NCc3ccc(C(C)(F)F)cc3)C2)C1. The maximum atomic E-state index is 13.4. The Balaban J connectivity index is 1.33. The average molecular weight is 529 g/mol. The fourth-order valence-corrected chi connectivity index (χ4v) is 6.78. The van der Waals surface area contributed by atoms with Gasteiger partial charge in [-0.15, -0.1) is 0 Å². The molecule has 3 aliphatic rings. The van der Waals surface area contributed by atoms with Crippen LogP contribution < -0.4 is 5.32 Å². The maximum Gasteiger partial charge on any atom is 0.282 e. The number of piperidine rings is 1. The van der Waals surface area contributed by atoms with Gasteiger partial charge >= 0.3 is 0 Å². The van der Waals surface area contributed by atoms with Crippen molar-refractivity contribution in [2.45, 2.75) is 57.2 Å². The van der Waals surface area contributed by atoms with Crippen molar-refractivity contribution in [3.63, 3.8) is 0 Å². The van der Waals surface area contributed by atoms with Crippen molar-refractivity contribution in [2.75, 3.05) is 39.8 Å². The van der Waals surface area contributed by atoms with Gasteiger partial charge in [0.25, 0.3) is 16.1 Å². The number of ether oxygens (including phenoxy) is 1. The standard InChI is InChI=1S/C24H34F2N4O5S/c1-24(25,26)19-9-7-17(8-10-19)13-27-22(31)21-6-4-12-30(21)23(32)18-5-3-11-28(14-18)36(33,34)29-15-20(16-29)35-2/h7-10,18,20-21H,3-6,11-16H2,1-2H3,(H,27,31)/t18-,21+/m0/s1. The summed E-state index contributed by atoms with van der Waals surface area (Å²) in [6.45, 7) is 2.54. The second-order valence-electron chi connectivity index (χ2n) is 9.87. The van der Waals surface area contributed by atoms with Crippen molar-refractivity contribution in [1.29, 1.82) is 0 Å². The van der Waals surface area contributed by atoms with Gasteiger partial charge in [-0.3, -0.25) is 9.59 Å². The van der Waals surface area contributed by atoms with Crippen LogP contribution in [0.15, 0.2) is 24.3 Å². The number of methoxy groups -OCH3 is 1. The summed E-state index contributed by atoms with van der Waals surface area (Å²) in [7, 11) is -2.10. The van der Waals surface area contributed by atoms with Gasteiger partial charge in [-0.25, -0.2) is 8.78 Å². The van der Waals surface area contributed by atoms with Crippen molar-refractivity contribution in [3.05, 3.63) is 35.4 Å². The number of benzene rings is 1. The van der Waals surface area contributed by atoms with Gasteiger partial charge in [-0.1, -0.05) is 24.3 Å². The van der Waals surface area contributed by atoms with Crippen LogP contribution in [0.4, 0.5) is 8.78 Å². The summed E-state index contributed by atoms with van der Waals surface area (Å²) in [5, 5.41) is 2.81. The van der Waals surface area contributed by atoms with Crippen molar-refractivity contribution >= 4 is 22.0 Å². The molecule has 2 amide bonds. The molecule has 0 spiro atoms. The van der Waals surface area contributed by atoms with Crippen molar-refractivity contribution < 1.29 is 31.5 Å². The molecule has 3 aliphatic heterocycles. The van der Waals surface area contributed by atoms with Crippen LogP contribution in [0.25, 0.3) is 0 Å². The lowest BCUT2D eigenvalue weighted by molar-refractivity contribution is -0.142. The van der Waals surface area contributed by atoms with E-state index in [-0.39, 0.29) is 36.6 Å². The highest BCUT2D eigenvalue weighted by atomic mass is 32.2. The van der Waals surface area contributed by atoms with Crippen LogP contribution in [0.2, 0.25) is 0 Å². The molecule has 1 aromatic carbocycles. The molecular formula is C24H34F2N4O5S. The summed E-state index contributed by atoms with van der Waals surface area (Å²) in [6.07, 6.45) is 2.26. The molecule has 4 rings (SSSR count). The molecule has 0 unspecified atom stereocenters. The summed E-state index contributed by atoms with van der Waals surface area (Å²) >= 11 is 0. The molecule has 0 aromatic heterocycles. The zero-order chi connectivity index (χ0) is 26.1. The van der Waals surface area contributed by atoms with E-state index in [2.05, 4.69) is 5.32 Å². The zero-order valence-electron chi connectivity index (χ0n) is 20.7. The van der Waals surface area contributed by atoms with E-state index in [1.54, 1.807) is 24.1 Å². The Morgan fingerprint density at radius 2 is 1.72 bits per heavy atom. The highest BCUT2D eigenvalue weighted by molar-refractivity contribution is 7.86. The van der Waals surface area contributed by atoms with Gasteiger partial charge in [0.15, 0.2) is 0 Å². The fraction of sp³-hybridized carbons (Fsp3) is 0.667. The Hall–Kier alpha value is -2.15. The first-order chi connectivity index (χ1) is 17.0. The van der Waals surface area contributed by atoms with Gasteiger partial charge in [0, 0.05) is 58.9 Å². The highest BCUT2D eigenvalue weighted by Gasteiger charge is 2.44. The molecule has 0 radical (unpaired) electrons.